The van der Waals surface area contributed by atoms with Gasteiger partial charge in [0.2, 0.25) is 0 Å². The second-order valence-electron chi connectivity index (χ2n) is 11.8. The van der Waals surface area contributed by atoms with Gasteiger partial charge in [0.1, 0.15) is 18.2 Å². The van der Waals surface area contributed by atoms with Crippen molar-refractivity contribution in [1.29, 1.82) is 0 Å². The fourth-order valence-electron chi connectivity index (χ4n) is 6.90. The van der Waals surface area contributed by atoms with Gasteiger partial charge in [0.25, 0.3) is 0 Å². The van der Waals surface area contributed by atoms with Crippen molar-refractivity contribution in [2.24, 2.45) is 17.3 Å². The van der Waals surface area contributed by atoms with Crippen LogP contribution in [0.15, 0.2) is 60.7 Å². The molecule has 3 atom stereocenters. The topological polar surface area (TPSA) is 46.5 Å². The van der Waals surface area contributed by atoms with Crippen molar-refractivity contribution in [3.8, 4) is 16.9 Å². The molecule has 2 unspecified atom stereocenters. The highest BCUT2D eigenvalue weighted by Gasteiger charge is 2.70. The standard InChI is InChI=1S/C33H33FO3/c1-19-7-12-29(34)26(14-19)24-11-8-21(15-25(24)27-6-5-13-32(27,3)4)18-37-23-10-9-22-17-33(28(22)16-23)20(2)30(33)31(35)36/h6-12,14-16,20,30H,5,13,17-18H2,1-4H3,(H,35,36)/t20-,30?,33?/m0/s1. The fourth-order valence-corrected chi connectivity index (χ4v) is 6.90. The van der Waals surface area contributed by atoms with Gasteiger partial charge in [-0.05, 0) is 101 Å². The highest BCUT2D eigenvalue weighted by molar-refractivity contribution is 5.85. The maximum Gasteiger partial charge on any atom is 0.307 e. The summed E-state index contributed by atoms with van der Waals surface area (Å²) >= 11 is 0. The zero-order valence-electron chi connectivity index (χ0n) is 21.9. The SMILES string of the molecule is Cc1ccc(F)c(-c2ccc(COc3ccc4c(c3)C3(C4)C(C(=O)O)[C@@H]3C)cc2C2=CCCC2(C)C)c1. The number of aliphatic carboxylic acids is 1. The van der Waals surface area contributed by atoms with E-state index in [0.29, 0.717) is 12.2 Å². The summed E-state index contributed by atoms with van der Waals surface area (Å²) < 4.78 is 21.2. The molecular weight excluding hydrogens is 463 g/mol. The quantitative estimate of drug-likeness (QED) is 0.380. The molecule has 0 saturated heterocycles. The van der Waals surface area contributed by atoms with Gasteiger partial charge in [0.05, 0.1) is 5.92 Å². The molecule has 3 aliphatic carbocycles. The Morgan fingerprint density at radius 2 is 1.86 bits per heavy atom. The highest BCUT2D eigenvalue weighted by atomic mass is 19.1. The van der Waals surface area contributed by atoms with Crippen LogP contribution in [0.3, 0.4) is 0 Å². The van der Waals surface area contributed by atoms with Gasteiger partial charge in [0, 0.05) is 11.0 Å². The third-order valence-corrected chi connectivity index (χ3v) is 9.13. The largest absolute Gasteiger partial charge is 0.489 e. The lowest BCUT2D eigenvalue weighted by molar-refractivity contribution is -0.139. The first kappa shape index (κ1) is 24.0. The van der Waals surface area contributed by atoms with Gasteiger partial charge < -0.3 is 9.84 Å². The van der Waals surface area contributed by atoms with Crippen LogP contribution >= 0.6 is 0 Å². The number of benzene rings is 3. The minimum absolute atomic E-state index is 0.0201. The van der Waals surface area contributed by atoms with E-state index in [2.05, 4.69) is 32.1 Å². The number of carbonyl (C=O) groups is 1. The van der Waals surface area contributed by atoms with E-state index in [4.69, 9.17) is 4.74 Å². The Hall–Kier alpha value is -3.40. The van der Waals surface area contributed by atoms with Crippen molar-refractivity contribution in [2.75, 3.05) is 0 Å². The first-order chi connectivity index (χ1) is 17.6. The summed E-state index contributed by atoms with van der Waals surface area (Å²) in [5.41, 5.74) is 8.09. The lowest BCUT2D eigenvalue weighted by Gasteiger charge is -2.32. The summed E-state index contributed by atoms with van der Waals surface area (Å²) in [7, 11) is 0. The highest BCUT2D eigenvalue weighted by Crippen LogP contribution is 2.68. The summed E-state index contributed by atoms with van der Waals surface area (Å²) in [5, 5.41) is 9.60. The predicted molar refractivity (Wildman–Crippen MR) is 144 cm³/mol. The first-order valence-corrected chi connectivity index (χ1v) is 13.2. The zero-order valence-corrected chi connectivity index (χ0v) is 21.9. The molecule has 3 aromatic rings. The van der Waals surface area contributed by atoms with Crippen LogP contribution < -0.4 is 4.74 Å². The molecule has 0 amide bonds. The molecule has 3 aromatic carbocycles. The van der Waals surface area contributed by atoms with Gasteiger partial charge in [-0.3, -0.25) is 4.79 Å². The van der Waals surface area contributed by atoms with Crippen molar-refractivity contribution in [1.82, 2.24) is 0 Å². The Kier molecular flexibility index (Phi) is 5.38. The number of rotatable bonds is 6. The summed E-state index contributed by atoms with van der Waals surface area (Å²) in [6, 6.07) is 17.6. The van der Waals surface area contributed by atoms with Crippen LogP contribution in [0.2, 0.25) is 0 Å². The lowest BCUT2D eigenvalue weighted by Crippen LogP contribution is -2.29. The maximum absolute atomic E-state index is 15.0. The Labute approximate surface area is 218 Å². The summed E-state index contributed by atoms with van der Waals surface area (Å²) in [6.07, 6.45) is 5.23. The molecule has 1 N–H and O–H groups in total. The predicted octanol–water partition coefficient (Wildman–Crippen LogP) is 7.73. The van der Waals surface area contributed by atoms with Crippen LogP contribution in [0.4, 0.5) is 4.39 Å². The van der Waals surface area contributed by atoms with Crippen LogP contribution in [0.5, 0.6) is 5.75 Å². The van der Waals surface area contributed by atoms with E-state index >= 15 is 0 Å². The van der Waals surface area contributed by atoms with Crippen LogP contribution in [0, 0.1) is 30.0 Å². The van der Waals surface area contributed by atoms with Crippen LogP contribution in [0.1, 0.15) is 61.4 Å². The van der Waals surface area contributed by atoms with Crippen molar-refractivity contribution < 1.29 is 19.0 Å². The Balaban J connectivity index is 1.30. The van der Waals surface area contributed by atoms with E-state index in [1.165, 1.54) is 11.1 Å². The molecule has 1 spiro atoms. The smallest absolute Gasteiger partial charge is 0.307 e. The molecule has 0 bridgehead atoms. The Morgan fingerprint density at radius 3 is 2.57 bits per heavy atom. The van der Waals surface area contributed by atoms with Gasteiger partial charge in [-0.25, -0.2) is 4.39 Å². The van der Waals surface area contributed by atoms with Gasteiger partial charge in [-0.2, -0.15) is 0 Å². The van der Waals surface area contributed by atoms with Crippen LogP contribution in [0.25, 0.3) is 16.7 Å². The summed E-state index contributed by atoms with van der Waals surface area (Å²) in [5.74, 6) is -0.288. The monoisotopic (exact) mass is 496 g/mol. The van der Waals surface area contributed by atoms with Crippen molar-refractivity contribution in [2.45, 2.75) is 59.0 Å². The number of hydrogen-bond acceptors (Lipinski definition) is 2. The molecule has 0 aliphatic heterocycles. The van der Waals surface area contributed by atoms with Crippen molar-refractivity contribution in [3.05, 3.63) is 94.3 Å². The van der Waals surface area contributed by atoms with Crippen LogP contribution in [-0.2, 0) is 23.2 Å². The van der Waals surface area contributed by atoms with Gasteiger partial charge in [-0.1, -0.05) is 56.7 Å². The number of aryl methyl sites for hydroxylation is 1. The molecule has 37 heavy (non-hydrogen) atoms. The molecule has 1 saturated carbocycles. The molecule has 0 radical (unpaired) electrons. The average molecular weight is 497 g/mol. The number of halogens is 1. The summed E-state index contributed by atoms with van der Waals surface area (Å²) in [6.45, 7) is 8.93. The number of ether oxygens (including phenoxy) is 1. The molecular formula is C33H33FO3. The third kappa shape index (κ3) is 3.72. The molecule has 4 heteroatoms. The van der Waals surface area contributed by atoms with E-state index in [1.54, 1.807) is 12.1 Å². The number of carboxylic acids is 1. The second-order valence-corrected chi connectivity index (χ2v) is 11.8. The van der Waals surface area contributed by atoms with Crippen molar-refractivity contribution >= 4 is 11.5 Å². The average Bonchev–Trinajstić information content (AvgIpc) is 3.34. The molecule has 3 aliphatic rings. The summed E-state index contributed by atoms with van der Waals surface area (Å²) in [4.78, 5) is 11.7. The Bertz CT molecular complexity index is 1470. The minimum atomic E-state index is -0.703. The third-order valence-electron chi connectivity index (χ3n) is 9.13. The number of allylic oxidation sites excluding steroid dienone is 2. The maximum atomic E-state index is 15.0. The minimum Gasteiger partial charge on any atom is -0.489 e. The molecule has 190 valence electrons. The van der Waals surface area contributed by atoms with E-state index in [-0.39, 0.29) is 28.5 Å². The number of fused-ring (bicyclic) bond motifs is 2. The van der Waals surface area contributed by atoms with Crippen molar-refractivity contribution in [3.63, 3.8) is 0 Å². The molecule has 6 rings (SSSR count). The Morgan fingerprint density at radius 1 is 1.05 bits per heavy atom. The lowest BCUT2D eigenvalue weighted by atomic mass is 9.71. The van der Waals surface area contributed by atoms with Gasteiger partial charge in [-0.15, -0.1) is 0 Å². The fraction of sp³-hybridized carbons (Fsp3) is 0.364. The number of carboxylic acid groups (broad SMARTS) is 1. The zero-order chi connectivity index (χ0) is 26.1. The number of hydrogen-bond donors (Lipinski definition) is 1. The molecule has 0 heterocycles. The molecule has 1 fully saturated rings. The van der Waals surface area contributed by atoms with E-state index < -0.39 is 5.97 Å². The molecule has 0 aromatic heterocycles. The van der Waals surface area contributed by atoms with Gasteiger partial charge in [0.15, 0.2) is 0 Å². The normalized spacial score (nSPS) is 24.8. The van der Waals surface area contributed by atoms with E-state index in [0.717, 1.165) is 52.8 Å². The first-order valence-electron chi connectivity index (χ1n) is 13.2. The van der Waals surface area contributed by atoms with E-state index in [1.807, 2.05) is 44.2 Å². The van der Waals surface area contributed by atoms with Gasteiger partial charge >= 0.3 is 5.97 Å². The second kappa shape index (κ2) is 8.31. The van der Waals surface area contributed by atoms with E-state index in [9.17, 15) is 14.3 Å². The van der Waals surface area contributed by atoms with Crippen LogP contribution in [-0.4, -0.2) is 11.1 Å². The molecule has 3 nitrogen and oxygen atoms in total.